The van der Waals surface area contributed by atoms with Crippen LogP contribution < -0.4 is 0 Å². The molecule has 0 bridgehead atoms. The van der Waals surface area contributed by atoms with Gasteiger partial charge in [-0.25, -0.2) is 0 Å². The maximum atomic E-state index is 9.36. The number of nitrogens with zero attached hydrogens (tertiary/aromatic N) is 2. The zero-order chi connectivity index (χ0) is 33.9. The lowest BCUT2D eigenvalue weighted by molar-refractivity contribution is 0.594. The largest absolute Gasteiger partial charge is 0.316 e. The quantitative estimate of drug-likeness (QED) is 0.234. The topological polar surface area (TPSA) is 9.86 Å². The van der Waals surface area contributed by atoms with Gasteiger partial charge in [-0.1, -0.05) is 102 Å². The van der Waals surface area contributed by atoms with Crippen LogP contribution in [0.1, 0.15) is 66.4 Å². The highest BCUT2D eigenvalue weighted by Gasteiger charge is 2.23. The van der Waals surface area contributed by atoms with Crippen molar-refractivity contribution in [1.29, 1.82) is 0 Å². The molecule has 6 rings (SSSR count). The smallest absolute Gasteiger partial charge is 0.0826 e. The van der Waals surface area contributed by atoms with E-state index in [9.17, 15) is 2.74 Å². The van der Waals surface area contributed by atoms with Crippen molar-refractivity contribution in [3.8, 4) is 11.4 Å². The van der Waals surface area contributed by atoms with E-state index < -0.39 is 10.8 Å². The molecule has 0 aliphatic rings. The van der Waals surface area contributed by atoms with Gasteiger partial charge < -0.3 is 9.13 Å². The molecule has 2 nitrogen and oxygen atoms in total. The van der Waals surface area contributed by atoms with Crippen LogP contribution in [0.3, 0.4) is 0 Å². The molecule has 2 aromatic heterocycles. The molecule has 2 heterocycles. The Bertz CT molecular complexity index is 2120. The average Bonchev–Trinajstić information content (AvgIpc) is 3.48. The first kappa shape index (κ1) is 14.1. The van der Waals surface area contributed by atoms with Gasteiger partial charge in [0.2, 0.25) is 0 Å². The van der Waals surface area contributed by atoms with E-state index in [-0.39, 0.29) is 71.7 Å². The Morgan fingerprint density at radius 2 is 0.917 bits per heavy atom. The molecule has 6 aromatic rings. The van der Waals surface area contributed by atoms with Crippen LogP contribution in [0.5, 0.6) is 0 Å². The fraction of sp³-hybridized carbons (Fsp3) is 0.235. The SMILES string of the molecule is [2H]c1c([2H])c([2H])c2c(c1[2H])c(C(C)(C)C)c([2H])n2-c1ccc(-n2c([2H])c(C(C)(C)C)c3c([2H])c([2H])c([2H])c([2H])c32)c2ccccc12. The Kier molecular flexibility index (Phi) is 3.08. The van der Waals surface area contributed by atoms with E-state index in [1.807, 2.05) is 65.8 Å². The van der Waals surface area contributed by atoms with Crippen LogP contribution in [0.25, 0.3) is 44.0 Å². The minimum absolute atomic E-state index is 0.0455. The van der Waals surface area contributed by atoms with Crippen LogP contribution in [0, 0.1) is 0 Å². The second-order valence-corrected chi connectivity index (χ2v) is 11.2. The van der Waals surface area contributed by atoms with Crippen LogP contribution in [-0.2, 0) is 10.8 Å². The van der Waals surface area contributed by atoms with Crippen LogP contribution in [0.4, 0.5) is 0 Å². The van der Waals surface area contributed by atoms with Crippen LogP contribution in [-0.4, -0.2) is 9.13 Å². The van der Waals surface area contributed by atoms with Crippen molar-refractivity contribution in [3.63, 3.8) is 0 Å². The van der Waals surface area contributed by atoms with E-state index in [0.29, 0.717) is 44.0 Å². The second-order valence-electron chi connectivity index (χ2n) is 11.2. The number of aromatic nitrogens is 2. The highest BCUT2D eigenvalue weighted by molar-refractivity contribution is 6.00. The fourth-order valence-electron chi connectivity index (χ4n) is 4.86. The summed E-state index contributed by atoms with van der Waals surface area (Å²) in [6.45, 7) is 11.5. The Morgan fingerprint density at radius 1 is 0.528 bits per heavy atom. The first-order valence-corrected chi connectivity index (χ1v) is 12.1. The van der Waals surface area contributed by atoms with Gasteiger partial charge in [-0.15, -0.1) is 0 Å². The minimum atomic E-state index is -0.620. The fourth-order valence-corrected chi connectivity index (χ4v) is 4.86. The third-order valence-electron chi connectivity index (χ3n) is 6.59. The van der Waals surface area contributed by atoms with Crippen molar-refractivity contribution < 1.29 is 13.7 Å². The molecule has 0 saturated carbocycles. The van der Waals surface area contributed by atoms with Crippen molar-refractivity contribution in [3.05, 3.63) is 108 Å². The molecule has 2 heteroatoms. The summed E-state index contributed by atoms with van der Waals surface area (Å²) in [7, 11) is 0. The molecule has 36 heavy (non-hydrogen) atoms. The van der Waals surface area contributed by atoms with Crippen LogP contribution in [0.2, 0.25) is 0 Å². The molecule has 0 amide bonds. The molecular formula is C34H34N2. The summed E-state index contributed by atoms with van der Waals surface area (Å²) in [5.74, 6) is 0. The Labute approximate surface area is 227 Å². The zero-order valence-corrected chi connectivity index (χ0v) is 21.4. The highest BCUT2D eigenvalue weighted by Crippen LogP contribution is 2.38. The van der Waals surface area contributed by atoms with E-state index in [4.69, 9.17) is 11.0 Å². The maximum Gasteiger partial charge on any atom is 0.0826 e. The monoisotopic (exact) mass is 480 g/mol. The van der Waals surface area contributed by atoms with Crippen molar-refractivity contribution in [2.45, 2.75) is 52.4 Å². The van der Waals surface area contributed by atoms with Crippen LogP contribution >= 0.6 is 0 Å². The lowest BCUT2D eigenvalue weighted by Crippen LogP contribution is -2.10. The summed E-state index contributed by atoms with van der Waals surface area (Å²) in [6, 6.07) is 8.45. The minimum Gasteiger partial charge on any atom is -0.316 e. The van der Waals surface area contributed by atoms with Gasteiger partial charge in [0.1, 0.15) is 0 Å². The van der Waals surface area contributed by atoms with Gasteiger partial charge in [-0.3, -0.25) is 0 Å². The van der Waals surface area contributed by atoms with Crippen molar-refractivity contribution >= 4 is 32.6 Å². The van der Waals surface area contributed by atoms with Gasteiger partial charge in [0, 0.05) is 33.9 Å². The number of hydrogen-bond acceptors (Lipinski definition) is 0. The predicted molar refractivity (Wildman–Crippen MR) is 155 cm³/mol. The summed E-state index contributed by atoms with van der Waals surface area (Å²) >= 11 is 0. The normalized spacial score (nSPS) is 16.6. The van der Waals surface area contributed by atoms with Gasteiger partial charge in [0.05, 0.1) is 36.1 Å². The maximum absolute atomic E-state index is 9.36. The van der Waals surface area contributed by atoms with E-state index in [1.54, 1.807) is 21.3 Å². The number of fused-ring (bicyclic) bond motifs is 3. The average molecular weight is 481 g/mol. The van der Waals surface area contributed by atoms with E-state index in [0.717, 1.165) is 0 Å². The molecule has 0 aliphatic heterocycles. The molecule has 180 valence electrons. The lowest BCUT2D eigenvalue weighted by Gasteiger charge is -2.18. The Hall–Kier alpha value is -3.78. The number of para-hydroxylation sites is 2. The molecular weight excluding hydrogens is 436 g/mol. The van der Waals surface area contributed by atoms with E-state index in [2.05, 4.69) is 0 Å². The summed E-state index contributed by atoms with van der Waals surface area (Å²) in [5, 5.41) is 1.87. The third kappa shape index (κ3) is 3.47. The molecule has 0 atom stereocenters. The first-order chi connectivity index (χ1) is 21.3. The summed E-state index contributed by atoms with van der Waals surface area (Å²) in [6.07, 6.45) is 0.0910. The van der Waals surface area contributed by atoms with Gasteiger partial charge in [-0.2, -0.15) is 0 Å². The first-order valence-electron chi connectivity index (χ1n) is 17.1. The van der Waals surface area contributed by atoms with Gasteiger partial charge in [0.15, 0.2) is 0 Å². The van der Waals surface area contributed by atoms with Crippen molar-refractivity contribution in [1.82, 2.24) is 9.13 Å². The molecule has 0 radical (unpaired) electrons. The molecule has 0 fully saturated rings. The molecule has 4 aromatic carbocycles. The van der Waals surface area contributed by atoms with E-state index in [1.165, 1.54) is 0 Å². The van der Waals surface area contributed by atoms with E-state index >= 15 is 0 Å². The Balaban J connectivity index is 1.80. The van der Waals surface area contributed by atoms with Gasteiger partial charge in [-0.05, 0) is 46.2 Å². The molecule has 0 spiro atoms. The zero-order valence-electron chi connectivity index (χ0n) is 31.4. The molecule has 0 saturated heterocycles. The van der Waals surface area contributed by atoms with Gasteiger partial charge >= 0.3 is 0 Å². The number of benzene rings is 4. The molecule has 0 aliphatic carbocycles. The third-order valence-corrected chi connectivity index (χ3v) is 6.59. The Morgan fingerprint density at radius 3 is 1.31 bits per heavy atom. The standard InChI is InChI=1S/C34H34N2/c1-33(2,3)27-21-35(29-17-11-9-15-25(27)29)31-19-20-32(24-14-8-7-13-23(24)31)36-22-28(34(4,5)6)26-16-10-12-18-30(26)36/h7-22H,1-6H3/i9D,10D,11D,12D,15D,16D,17D,18D,21D,22D. The number of rotatable bonds is 2. The molecule has 0 unspecified atom stereocenters. The van der Waals surface area contributed by atoms with Gasteiger partial charge in [0.25, 0.3) is 0 Å². The highest BCUT2D eigenvalue weighted by atomic mass is 15.0. The van der Waals surface area contributed by atoms with Crippen LogP contribution in [0.15, 0.2) is 97.1 Å². The summed E-state index contributed by atoms with van der Waals surface area (Å²) < 4.78 is 90.8. The summed E-state index contributed by atoms with van der Waals surface area (Å²) in [4.78, 5) is 0. The summed E-state index contributed by atoms with van der Waals surface area (Å²) in [5.41, 5.74) is 1.19. The predicted octanol–water partition coefficient (Wildman–Crippen LogP) is 9.32. The van der Waals surface area contributed by atoms with Crippen molar-refractivity contribution in [2.24, 2.45) is 0 Å². The number of hydrogen-bond donors (Lipinski definition) is 0. The molecule has 0 N–H and O–H groups in total. The van der Waals surface area contributed by atoms with Crippen molar-refractivity contribution in [2.75, 3.05) is 0 Å². The second kappa shape index (κ2) is 7.86. The lowest BCUT2D eigenvalue weighted by atomic mass is 9.87.